The van der Waals surface area contributed by atoms with E-state index >= 15 is 0 Å². The zero-order chi connectivity index (χ0) is 12.7. The molecule has 0 radical (unpaired) electrons. The van der Waals surface area contributed by atoms with E-state index in [4.69, 9.17) is 0 Å². The van der Waals surface area contributed by atoms with Crippen molar-refractivity contribution in [1.82, 2.24) is 10.2 Å². The average Bonchev–Trinajstić information content (AvgIpc) is 2.15. The van der Waals surface area contributed by atoms with Crippen LogP contribution in [0.1, 0.15) is 47.5 Å². The number of carbonyl (C=O) groups excluding carboxylic acids is 1. The van der Waals surface area contributed by atoms with Gasteiger partial charge in [-0.2, -0.15) is 0 Å². The highest BCUT2D eigenvalue weighted by Gasteiger charge is 2.19. The van der Waals surface area contributed by atoms with Gasteiger partial charge in [-0.3, -0.25) is 9.69 Å². The maximum absolute atomic E-state index is 11.9. The first-order chi connectivity index (χ1) is 7.38. The number of nitrogens with one attached hydrogen (secondary N) is 1. The number of rotatable bonds is 7. The molecule has 2 unspecified atom stereocenters. The molecule has 0 heterocycles. The highest BCUT2D eigenvalue weighted by atomic mass is 16.2. The monoisotopic (exact) mass is 228 g/mol. The molecule has 16 heavy (non-hydrogen) atoms. The van der Waals surface area contributed by atoms with E-state index < -0.39 is 0 Å². The van der Waals surface area contributed by atoms with Gasteiger partial charge in [0.1, 0.15) is 0 Å². The Morgan fingerprint density at radius 2 is 1.81 bits per heavy atom. The fraction of sp³-hybridized carbons (Fsp3) is 0.923. The first-order valence-corrected chi connectivity index (χ1v) is 6.39. The molecule has 0 aliphatic heterocycles. The van der Waals surface area contributed by atoms with Gasteiger partial charge in [0.25, 0.3) is 0 Å². The van der Waals surface area contributed by atoms with E-state index in [1.807, 2.05) is 14.0 Å². The van der Waals surface area contributed by atoms with Crippen LogP contribution in [0.3, 0.4) is 0 Å². The Balaban J connectivity index is 4.06. The molecule has 0 aliphatic carbocycles. The van der Waals surface area contributed by atoms with Crippen LogP contribution in [0.25, 0.3) is 0 Å². The van der Waals surface area contributed by atoms with Crippen molar-refractivity contribution >= 4 is 5.91 Å². The summed E-state index contributed by atoms with van der Waals surface area (Å²) in [5, 5.41) is 3.05. The first kappa shape index (κ1) is 15.4. The summed E-state index contributed by atoms with van der Waals surface area (Å²) in [7, 11) is 2.01. The molecule has 96 valence electrons. The number of amides is 1. The van der Waals surface area contributed by atoms with E-state index in [-0.39, 0.29) is 18.0 Å². The van der Waals surface area contributed by atoms with Crippen molar-refractivity contribution in [2.24, 2.45) is 5.92 Å². The van der Waals surface area contributed by atoms with Crippen LogP contribution < -0.4 is 5.32 Å². The standard InChI is InChI=1S/C13H28N2O/c1-7-8-11(4)14-13(16)12(5)15(6)9-10(2)3/h10-12H,7-9H2,1-6H3,(H,14,16). The third-order valence-corrected chi connectivity index (χ3v) is 2.80. The lowest BCUT2D eigenvalue weighted by Crippen LogP contribution is -2.47. The van der Waals surface area contributed by atoms with Gasteiger partial charge in [-0.25, -0.2) is 0 Å². The maximum Gasteiger partial charge on any atom is 0.237 e. The van der Waals surface area contributed by atoms with Gasteiger partial charge < -0.3 is 5.32 Å². The Hall–Kier alpha value is -0.570. The summed E-state index contributed by atoms with van der Waals surface area (Å²) in [6.07, 6.45) is 2.16. The van der Waals surface area contributed by atoms with E-state index in [2.05, 4.69) is 37.9 Å². The molecule has 1 N–H and O–H groups in total. The number of hydrogen-bond acceptors (Lipinski definition) is 2. The predicted molar refractivity (Wildman–Crippen MR) is 69.4 cm³/mol. The van der Waals surface area contributed by atoms with Crippen LogP contribution in [-0.2, 0) is 4.79 Å². The van der Waals surface area contributed by atoms with Gasteiger partial charge in [0.05, 0.1) is 6.04 Å². The Morgan fingerprint density at radius 1 is 1.25 bits per heavy atom. The minimum atomic E-state index is -0.0401. The molecular weight excluding hydrogens is 200 g/mol. The van der Waals surface area contributed by atoms with Crippen molar-refractivity contribution in [3.63, 3.8) is 0 Å². The number of nitrogens with zero attached hydrogens (tertiary/aromatic N) is 1. The molecule has 0 spiro atoms. The minimum absolute atomic E-state index is 0.0401. The molecule has 1 amide bonds. The molecule has 2 atom stereocenters. The molecular formula is C13H28N2O. The van der Waals surface area contributed by atoms with E-state index in [9.17, 15) is 4.79 Å². The quantitative estimate of drug-likeness (QED) is 0.725. The molecule has 0 aromatic heterocycles. The largest absolute Gasteiger partial charge is 0.352 e. The van der Waals surface area contributed by atoms with Crippen LogP contribution >= 0.6 is 0 Å². The molecule has 0 aromatic rings. The third-order valence-electron chi connectivity index (χ3n) is 2.80. The van der Waals surface area contributed by atoms with Crippen molar-refractivity contribution < 1.29 is 4.79 Å². The summed E-state index contributed by atoms with van der Waals surface area (Å²) in [4.78, 5) is 14.0. The highest BCUT2D eigenvalue weighted by Crippen LogP contribution is 2.03. The Kier molecular flexibility index (Phi) is 7.39. The fourth-order valence-corrected chi connectivity index (χ4v) is 1.80. The third kappa shape index (κ3) is 6.11. The lowest BCUT2D eigenvalue weighted by Gasteiger charge is -2.26. The van der Waals surface area contributed by atoms with E-state index in [1.165, 1.54) is 0 Å². The van der Waals surface area contributed by atoms with Gasteiger partial charge in [-0.15, -0.1) is 0 Å². The number of hydrogen-bond donors (Lipinski definition) is 1. The molecule has 0 saturated carbocycles. The van der Waals surface area contributed by atoms with Gasteiger partial charge in [0, 0.05) is 12.6 Å². The van der Waals surface area contributed by atoms with Crippen LogP contribution in [0.2, 0.25) is 0 Å². The van der Waals surface area contributed by atoms with Crippen molar-refractivity contribution in [2.45, 2.75) is 59.5 Å². The molecule has 0 aliphatic rings. The molecule has 0 rings (SSSR count). The molecule has 0 saturated heterocycles. The summed E-state index contributed by atoms with van der Waals surface area (Å²) in [6, 6.07) is 0.245. The molecule has 0 fully saturated rings. The van der Waals surface area contributed by atoms with Crippen molar-refractivity contribution in [3.05, 3.63) is 0 Å². The number of carbonyl (C=O) groups is 1. The first-order valence-electron chi connectivity index (χ1n) is 6.39. The van der Waals surface area contributed by atoms with Crippen LogP contribution in [0.5, 0.6) is 0 Å². The Labute approximate surface area is 101 Å². The van der Waals surface area contributed by atoms with Gasteiger partial charge in [-0.1, -0.05) is 27.2 Å². The second kappa shape index (κ2) is 7.66. The fourth-order valence-electron chi connectivity index (χ4n) is 1.80. The Bertz CT molecular complexity index is 204. The summed E-state index contributed by atoms with van der Waals surface area (Å²) in [5.41, 5.74) is 0. The molecule has 3 nitrogen and oxygen atoms in total. The van der Waals surface area contributed by atoms with Gasteiger partial charge >= 0.3 is 0 Å². The Morgan fingerprint density at radius 3 is 2.25 bits per heavy atom. The zero-order valence-electron chi connectivity index (χ0n) is 11.7. The summed E-state index contributed by atoms with van der Waals surface area (Å²) >= 11 is 0. The lowest BCUT2D eigenvalue weighted by molar-refractivity contribution is -0.126. The molecule has 0 aromatic carbocycles. The summed E-state index contributed by atoms with van der Waals surface area (Å²) in [6.45, 7) is 11.5. The van der Waals surface area contributed by atoms with Crippen LogP contribution in [0, 0.1) is 5.92 Å². The minimum Gasteiger partial charge on any atom is -0.352 e. The lowest BCUT2D eigenvalue weighted by atomic mass is 10.1. The van der Waals surface area contributed by atoms with Crippen LogP contribution in [0.15, 0.2) is 0 Å². The topological polar surface area (TPSA) is 32.3 Å². The second-order valence-corrected chi connectivity index (χ2v) is 5.21. The van der Waals surface area contributed by atoms with Gasteiger partial charge in [0.15, 0.2) is 0 Å². The van der Waals surface area contributed by atoms with Gasteiger partial charge in [-0.05, 0) is 33.2 Å². The summed E-state index contributed by atoms with van der Waals surface area (Å²) in [5.74, 6) is 0.734. The number of likely N-dealkylation sites (N-methyl/N-ethyl adjacent to an activating group) is 1. The van der Waals surface area contributed by atoms with Crippen molar-refractivity contribution in [1.29, 1.82) is 0 Å². The maximum atomic E-state index is 11.9. The van der Waals surface area contributed by atoms with Crippen molar-refractivity contribution in [2.75, 3.05) is 13.6 Å². The average molecular weight is 228 g/mol. The smallest absolute Gasteiger partial charge is 0.237 e. The van der Waals surface area contributed by atoms with E-state index in [0.29, 0.717) is 5.92 Å². The van der Waals surface area contributed by atoms with Gasteiger partial charge in [0.2, 0.25) is 5.91 Å². The summed E-state index contributed by atoms with van der Waals surface area (Å²) < 4.78 is 0. The molecule has 0 bridgehead atoms. The normalized spacial score (nSPS) is 15.2. The zero-order valence-corrected chi connectivity index (χ0v) is 11.7. The molecule has 3 heteroatoms. The SMILES string of the molecule is CCCC(C)NC(=O)C(C)N(C)CC(C)C. The predicted octanol–water partition coefficient (Wildman–Crippen LogP) is 2.27. The second-order valence-electron chi connectivity index (χ2n) is 5.21. The van der Waals surface area contributed by atoms with Crippen LogP contribution in [-0.4, -0.2) is 36.5 Å². The highest BCUT2D eigenvalue weighted by molar-refractivity contribution is 5.81. The van der Waals surface area contributed by atoms with Crippen molar-refractivity contribution in [3.8, 4) is 0 Å². The van der Waals surface area contributed by atoms with Crippen LogP contribution in [0.4, 0.5) is 0 Å². The van der Waals surface area contributed by atoms with E-state index in [0.717, 1.165) is 19.4 Å². The van der Waals surface area contributed by atoms with E-state index in [1.54, 1.807) is 0 Å².